The minimum atomic E-state index is -0.162. The molecule has 6 heteroatoms. The summed E-state index contributed by atoms with van der Waals surface area (Å²) in [5.41, 5.74) is 0.872. The van der Waals surface area contributed by atoms with Crippen LogP contribution in [0.25, 0.3) is 0 Å². The van der Waals surface area contributed by atoms with Crippen molar-refractivity contribution in [2.75, 3.05) is 18.0 Å². The zero-order valence-electron chi connectivity index (χ0n) is 16.1. The molecule has 5 rings (SSSR count). The maximum absolute atomic E-state index is 13.1. The van der Waals surface area contributed by atoms with Crippen LogP contribution in [0.1, 0.15) is 49.4 Å². The first kappa shape index (κ1) is 18.2. The standard InChI is InChI=1S/C22H25ClN2O3/c1-12-6-8-24(9-7-12)20(26)16-11-15(4-5-17(16)23)25-21(27)18-13-2-3-14(10-13)19(18)22(25)28/h4-5,11-14,18-19H,2-3,6-10H2,1H3/t13-,14-,18-,19-/m0/s1. The van der Waals surface area contributed by atoms with Crippen molar-refractivity contribution >= 4 is 35.0 Å². The lowest BCUT2D eigenvalue weighted by Gasteiger charge is -2.30. The van der Waals surface area contributed by atoms with E-state index in [-0.39, 0.29) is 29.6 Å². The van der Waals surface area contributed by atoms with E-state index in [4.69, 9.17) is 11.6 Å². The van der Waals surface area contributed by atoms with Gasteiger partial charge < -0.3 is 4.90 Å². The summed E-state index contributed by atoms with van der Waals surface area (Å²) < 4.78 is 0. The van der Waals surface area contributed by atoms with E-state index in [9.17, 15) is 14.4 Å². The maximum Gasteiger partial charge on any atom is 0.255 e. The van der Waals surface area contributed by atoms with Gasteiger partial charge in [0.15, 0.2) is 0 Å². The third kappa shape index (κ3) is 2.62. The molecular weight excluding hydrogens is 376 g/mol. The number of nitrogens with zero attached hydrogens (tertiary/aromatic N) is 2. The number of carbonyl (C=O) groups is 3. The van der Waals surface area contributed by atoms with Crippen molar-refractivity contribution in [2.24, 2.45) is 29.6 Å². The Labute approximate surface area is 170 Å². The summed E-state index contributed by atoms with van der Waals surface area (Å²) in [5.74, 6) is 0.706. The van der Waals surface area contributed by atoms with Gasteiger partial charge in [-0.1, -0.05) is 18.5 Å². The number of anilines is 1. The molecule has 2 aliphatic heterocycles. The number of rotatable bonds is 2. The zero-order valence-corrected chi connectivity index (χ0v) is 16.8. The van der Waals surface area contributed by atoms with Crippen molar-refractivity contribution in [3.63, 3.8) is 0 Å². The van der Waals surface area contributed by atoms with Crippen LogP contribution in [-0.2, 0) is 9.59 Å². The fraction of sp³-hybridized carbons (Fsp3) is 0.591. The summed E-state index contributed by atoms with van der Waals surface area (Å²) in [5, 5.41) is 0.367. The molecule has 4 aliphatic rings. The van der Waals surface area contributed by atoms with E-state index in [0.29, 0.717) is 34.0 Å². The molecule has 4 fully saturated rings. The molecule has 2 saturated carbocycles. The van der Waals surface area contributed by atoms with Gasteiger partial charge in [-0.3, -0.25) is 19.3 Å². The van der Waals surface area contributed by atoms with Gasteiger partial charge in [-0.25, -0.2) is 0 Å². The van der Waals surface area contributed by atoms with E-state index in [1.807, 2.05) is 4.90 Å². The van der Waals surface area contributed by atoms with Gasteiger partial charge >= 0.3 is 0 Å². The van der Waals surface area contributed by atoms with E-state index in [2.05, 4.69) is 6.92 Å². The van der Waals surface area contributed by atoms with E-state index < -0.39 is 0 Å². The molecule has 28 heavy (non-hydrogen) atoms. The molecule has 0 N–H and O–H groups in total. The highest BCUT2D eigenvalue weighted by Gasteiger charge is 2.61. The van der Waals surface area contributed by atoms with Gasteiger partial charge in [0.2, 0.25) is 11.8 Å². The Kier molecular flexibility index (Phi) is 4.27. The van der Waals surface area contributed by atoms with Crippen LogP contribution >= 0.6 is 11.6 Å². The molecule has 5 nitrogen and oxygen atoms in total. The van der Waals surface area contributed by atoms with Crippen molar-refractivity contribution < 1.29 is 14.4 Å². The molecule has 148 valence electrons. The monoisotopic (exact) mass is 400 g/mol. The summed E-state index contributed by atoms with van der Waals surface area (Å²) in [7, 11) is 0. The quantitative estimate of drug-likeness (QED) is 0.710. The average Bonchev–Trinajstić information content (AvgIpc) is 3.37. The first-order valence-corrected chi connectivity index (χ1v) is 10.8. The molecule has 2 bridgehead atoms. The van der Waals surface area contributed by atoms with Gasteiger partial charge in [0, 0.05) is 13.1 Å². The molecule has 1 aromatic rings. The van der Waals surface area contributed by atoms with Crippen LogP contribution in [0.5, 0.6) is 0 Å². The highest BCUT2D eigenvalue weighted by molar-refractivity contribution is 6.34. The molecule has 2 aliphatic carbocycles. The van der Waals surface area contributed by atoms with E-state index >= 15 is 0 Å². The van der Waals surface area contributed by atoms with Gasteiger partial charge in [-0.15, -0.1) is 0 Å². The molecule has 0 unspecified atom stereocenters. The second-order valence-corrected chi connectivity index (χ2v) is 9.44. The molecule has 0 spiro atoms. The van der Waals surface area contributed by atoms with Crippen molar-refractivity contribution in [2.45, 2.75) is 39.0 Å². The zero-order chi connectivity index (χ0) is 19.6. The van der Waals surface area contributed by atoms with Crippen LogP contribution < -0.4 is 4.90 Å². The summed E-state index contributed by atoms with van der Waals surface area (Å²) in [6.45, 7) is 3.63. The first-order valence-electron chi connectivity index (χ1n) is 10.4. The topological polar surface area (TPSA) is 57.7 Å². The number of hydrogen-bond acceptors (Lipinski definition) is 3. The third-order valence-corrected chi connectivity index (χ3v) is 7.77. The Morgan fingerprint density at radius 3 is 2.21 bits per heavy atom. The number of benzene rings is 1. The summed E-state index contributed by atoms with van der Waals surface area (Å²) in [4.78, 5) is 42.3. The highest BCUT2D eigenvalue weighted by atomic mass is 35.5. The van der Waals surface area contributed by atoms with Crippen molar-refractivity contribution in [3.8, 4) is 0 Å². The van der Waals surface area contributed by atoms with Crippen LogP contribution in [0.15, 0.2) is 18.2 Å². The summed E-state index contributed by atoms with van der Waals surface area (Å²) in [6.07, 6.45) is 5.09. The Bertz CT molecular complexity index is 833. The molecule has 2 heterocycles. The Morgan fingerprint density at radius 2 is 1.61 bits per heavy atom. The second-order valence-electron chi connectivity index (χ2n) is 9.04. The largest absolute Gasteiger partial charge is 0.339 e. The first-order chi connectivity index (χ1) is 13.5. The molecule has 2 saturated heterocycles. The van der Waals surface area contributed by atoms with Gasteiger partial charge in [0.05, 0.1) is 28.1 Å². The molecular formula is C22H25ClN2O3. The van der Waals surface area contributed by atoms with Gasteiger partial charge in [0.25, 0.3) is 5.91 Å². The number of halogens is 1. The second kappa shape index (κ2) is 6.58. The normalized spacial score (nSPS) is 32.4. The number of piperidine rings is 1. The number of hydrogen-bond donors (Lipinski definition) is 0. The fourth-order valence-electron chi connectivity index (χ4n) is 5.86. The predicted octanol–water partition coefficient (Wildman–Crippen LogP) is 3.75. The lowest BCUT2D eigenvalue weighted by Crippen LogP contribution is -2.38. The van der Waals surface area contributed by atoms with Crippen molar-refractivity contribution in [1.82, 2.24) is 4.90 Å². The van der Waals surface area contributed by atoms with Crippen LogP contribution in [0.4, 0.5) is 5.69 Å². The van der Waals surface area contributed by atoms with Crippen LogP contribution in [0.3, 0.4) is 0 Å². The molecule has 1 aromatic carbocycles. The van der Waals surface area contributed by atoms with Crippen LogP contribution in [0.2, 0.25) is 5.02 Å². The Balaban J connectivity index is 1.44. The minimum Gasteiger partial charge on any atom is -0.339 e. The Morgan fingerprint density at radius 1 is 1.00 bits per heavy atom. The summed E-state index contributed by atoms with van der Waals surface area (Å²) in [6, 6.07) is 4.97. The van der Waals surface area contributed by atoms with Gasteiger partial charge in [0.1, 0.15) is 0 Å². The smallest absolute Gasteiger partial charge is 0.255 e. The number of likely N-dealkylation sites (tertiary alicyclic amines) is 1. The van der Waals surface area contributed by atoms with Crippen LogP contribution in [-0.4, -0.2) is 35.7 Å². The molecule has 0 aromatic heterocycles. The van der Waals surface area contributed by atoms with E-state index in [1.165, 1.54) is 4.90 Å². The van der Waals surface area contributed by atoms with Crippen molar-refractivity contribution in [3.05, 3.63) is 28.8 Å². The Hall–Kier alpha value is -1.88. The van der Waals surface area contributed by atoms with Gasteiger partial charge in [-0.2, -0.15) is 0 Å². The maximum atomic E-state index is 13.1. The number of amides is 3. The number of carbonyl (C=O) groups excluding carboxylic acids is 3. The highest BCUT2D eigenvalue weighted by Crippen LogP contribution is 2.56. The minimum absolute atomic E-state index is 0.0882. The fourth-order valence-corrected chi connectivity index (χ4v) is 6.06. The molecule has 4 atom stereocenters. The summed E-state index contributed by atoms with van der Waals surface area (Å²) >= 11 is 6.33. The average molecular weight is 401 g/mol. The van der Waals surface area contributed by atoms with Gasteiger partial charge in [-0.05, 0) is 68.1 Å². The SMILES string of the molecule is CC1CCN(C(=O)c2cc(N3C(=O)[C@H]4[C@H]5CC[C@@H](C5)[C@@H]4C3=O)ccc2Cl)CC1. The third-order valence-electron chi connectivity index (χ3n) is 7.44. The van der Waals surface area contributed by atoms with Crippen molar-refractivity contribution in [1.29, 1.82) is 0 Å². The van der Waals surface area contributed by atoms with E-state index in [0.717, 1.165) is 45.2 Å². The number of fused-ring (bicyclic) bond motifs is 5. The lowest BCUT2D eigenvalue weighted by molar-refractivity contribution is -0.123. The molecule has 0 radical (unpaired) electrons. The predicted molar refractivity (Wildman–Crippen MR) is 106 cm³/mol. The number of imide groups is 1. The van der Waals surface area contributed by atoms with Crippen LogP contribution in [0, 0.1) is 29.6 Å². The van der Waals surface area contributed by atoms with E-state index in [1.54, 1.807) is 18.2 Å². The lowest BCUT2D eigenvalue weighted by atomic mass is 9.81. The molecule has 3 amide bonds.